The first-order chi connectivity index (χ1) is 10.3. The lowest BCUT2D eigenvalue weighted by Crippen LogP contribution is -2.16. The maximum atomic E-state index is 13.0. The lowest BCUT2D eigenvalue weighted by molar-refractivity contribution is -0.107. The van der Waals surface area contributed by atoms with Gasteiger partial charge in [0.05, 0.1) is 0 Å². The molecule has 1 aromatic heterocycles. The van der Waals surface area contributed by atoms with E-state index in [9.17, 15) is 9.18 Å². The van der Waals surface area contributed by atoms with E-state index in [1.54, 1.807) is 36.3 Å². The van der Waals surface area contributed by atoms with Crippen LogP contribution in [0, 0.1) is 5.82 Å². The van der Waals surface area contributed by atoms with E-state index in [0.29, 0.717) is 0 Å². The van der Waals surface area contributed by atoms with Crippen LogP contribution >= 0.6 is 23.5 Å². The topological polar surface area (TPSA) is 42.0 Å². The van der Waals surface area contributed by atoms with Crippen LogP contribution in [0.4, 0.5) is 4.39 Å². The van der Waals surface area contributed by atoms with Crippen molar-refractivity contribution in [3.8, 4) is 0 Å². The first-order valence-electron chi connectivity index (χ1n) is 6.22. The van der Waals surface area contributed by atoms with Crippen molar-refractivity contribution in [3.63, 3.8) is 0 Å². The minimum Gasteiger partial charge on any atom is -0.372 e. The zero-order chi connectivity index (χ0) is 14.7. The summed E-state index contributed by atoms with van der Waals surface area (Å²) in [5.41, 5.74) is 0.966. The minimum atomic E-state index is -0.249. The van der Waals surface area contributed by atoms with E-state index in [1.165, 1.54) is 23.9 Å². The van der Waals surface area contributed by atoms with Gasteiger partial charge >= 0.3 is 0 Å². The summed E-state index contributed by atoms with van der Waals surface area (Å²) in [6, 6.07) is 8.28. The molecule has 1 N–H and O–H groups in total. The van der Waals surface area contributed by atoms with E-state index in [4.69, 9.17) is 0 Å². The van der Waals surface area contributed by atoms with Crippen LogP contribution in [-0.2, 0) is 4.79 Å². The number of carbonyl (C=O) groups is 1. The molecule has 1 aliphatic heterocycles. The van der Waals surface area contributed by atoms with Gasteiger partial charge in [0.1, 0.15) is 11.2 Å². The van der Waals surface area contributed by atoms with Crippen molar-refractivity contribution in [1.29, 1.82) is 0 Å². The monoisotopic (exact) mass is 318 g/mol. The maximum absolute atomic E-state index is 13.0. The number of pyridine rings is 1. The van der Waals surface area contributed by atoms with Gasteiger partial charge in [-0.1, -0.05) is 23.5 Å². The van der Waals surface area contributed by atoms with E-state index in [1.807, 2.05) is 12.3 Å². The van der Waals surface area contributed by atoms with Crippen molar-refractivity contribution in [2.75, 3.05) is 0 Å². The Bertz CT molecular complexity index is 688. The Hall–Kier alpha value is -1.79. The smallest absolute Gasteiger partial charge is 0.152 e. The number of aromatic nitrogens is 1. The Morgan fingerprint density at radius 1 is 1.29 bits per heavy atom. The molecule has 2 heterocycles. The second-order valence-electron chi connectivity index (χ2n) is 4.28. The summed E-state index contributed by atoms with van der Waals surface area (Å²) in [7, 11) is 0. The van der Waals surface area contributed by atoms with Crippen LogP contribution in [0.3, 0.4) is 0 Å². The normalized spacial score (nSPS) is 17.2. The summed E-state index contributed by atoms with van der Waals surface area (Å²) in [6.45, 7) is 0. The third-order valence-corrected chi connectivity index (χ3v) is 5.02. The molecule has 3 nitrogen and oxygen atoms in total. The molecule has 0 amide bonds. The number of hydrogen-bond acceptors (Lipinski definition) is 5. The Kier molecular flexibility index (Phi) is 4.26. The van der Waals surface area contributed by atoms with Crippen molar-refractivity contribution < 1.29 is 9.18 Å². The van der Waals surface area contributed by atoms with E-state index in [2.05, 4.69) is 10.3 Å². The van der Waals surface area contributed by atoms with Gasteiger partial charge < -0.3 is 10.1 Å². The van der Waals surface area contributed by atoms with E-state index < -0.39 is 0 Å². The van der Waals surface area contributed by atoms with Gasteiger partial charge in [-0.05, 0) is 30.3 Å². The summed E-state index contributed by atoms with van der Waals surface area (Å²) in [5.74, 6) is -0.249. The number of carbonyl (C=O) groups excluding carboxylic acids is 1. The van der Waals surface area contributed by atoms with Gasteiger partial charge in [-0.2, -0.15) is 0 Å². The maximum Gasteiger partial charge on any atom is 0.152 e. The van der Waals surface area contributed by atoms with Crippen molar-refractivity contribution in [2.45, 2.75) is 15.2 Å². The van der Waals surface area contributed by atoms with Gasteiger partial charge in [0.25, 0.3) is 0 Å². The highest BCUT2D eigenvalue weighted by Crippen LogP contribution is 2.40. The molecule has 0 saturated heterocycles. The number of nitrogens with zero attached hydrogens (tertiary/aromatic N) is 1. The molecule has 6 heteroatoms. The van der Waals surface area contributed by atoms with Crippen molar-refractivity contribution >= 4 is 34.7 Å². The first-order valence-corrected chi connectivity index (χ1v) is 7.92. The molecule has 0 aliphatic carbocycles. The molecule has 0 saturated carbocycles. The zero-order valence-electron chi connectivity index (χ0n) is 10.8. The van der Waals surface area contributed by atoms with Crippen molar-refractivity contribution in [1.82, 2.24) is 10.3 Å². The molecule has 0 fully saturated rings. The quantitative estimate of drug-likeness (QED) is 0.874. The molecule has 21 heavy (non-hydrogen) atoms. The lowest BCUT2D eigenvalue weighted by atomic mass is 10.3. The van der Waals surface area contributed by atoms with E-state index in [-0.39, 0.29) is 11.2 Å². The summed E-state index contributed by atoms with van der Waals surface area (Å²) < 4.78 is 13.0. The molecular formula is C15H11FN2OS2. The molecule has 1 aromatic carbocycles. The second-order valence-corrected chi connectivity index (χ2v) is 6.58. The number of thioether (sulfide) groups is 1. The van der Waals surface area contributed by atoms with Gasteiger partial charge in [-0.15, -0.1) is 0 Å². The van der Waals surface area contributed by atoms with Gasteiger partial charge in [-0.3, -0.25) is 4.98 Å². The average molecular weight is 318 g/mol. The fourth-order valence-electron chi connectivity index (χ4n) is 1.86. The fourth-order valence-corrected chi connectivity index (χ4v) is 3.74. The highest BCUT2D eigenvalue weighted by Gasteiger charge is 2.20. The number of aldehydes is 1. The van der Waals surface area contributed by atoms with Gasteiger partial charge in [0, 0.05) is 38.9 Å². The Labute approximate surface area is 130 Å². The van der Waals surface area contributed by atoms with E-state index in [0.717, 1.165) is 26.5 Å². The average Bonchev–Trinajstić information content (AvgIpc) is 2.99. The molecule has 0 spiro atoms. The highest BCUT2D eigenvalue weighted by molar-refractivity contribution is 8.09. The standard InChI is InChI=1S/C15H11FN2OS2/c16-10-1-3-11(4-2-10)20-13-5-6-17-7-12(13)14-8-18-15(9-19)21-14/h1-9,15,18H. The molecule has 106 valence electrons. The van der Waals surface area contributed by atoms with Crippen LogP contribution in [0.1, 0.15) is 5.56 Å². The molecule has 0 radical (unpaired) electrons. The number of rotatable bonds is 4. The molecule has 3 rings (SSSR count). The fraction of sp³-hybridized carbons (Fsp3) is 0.0667. The van der Waals surface area contributed by atoms with E-state index >= 15 is 0 Å². The number of nitrogens with one attached hydrogen (secondary N) is 1. The number of benzene rings is 1. The summed E-state index contributed by atoms with van der Waals surface area (Å²) >= 11 is 3.00. The SMILES string of the molecule is O=CC1NC=C(c2cnccc2Sc2ccc(F)cc2)S1. The zero-order valence-corrected chi connectivity index (χ0v) is 12.5. The van der Waals surface area contributed by atoms with Crippen LogP contribution in [0.5, 0.6) is 0 Å². The number of hydrogen-bond donors (Lipinski definition) is 1. The van der Waals surface area contributed by atoms with Crippen molar-refractivity contribution in [2.24, 2.45) is 0 Å². The Balaban J connectivity index is 1.86. The molecule has 0 bridgehead atoms. The predicted molar refractivity (Wildman–Crippen MR) is 83.3 cm³/mol. The van der Waals surface area contributed by atoms with Crippen LogP contribution in [0.15, 0.2) is 58.7 Å². The molecule has 2 aromatic rings. The molecule has 1 atom stereocenters. The minimum absolute atomic E-state index is 0.246. The summed E-state index contributed by atoms with van der Waals surface area (Å²) in [5, 5.41) is 2.75. The second kappa shape index (κ2) is 6.32. The Morgan fingerprint density at radius 3 is 2.81 bits per heavy atom. The van der Waals surface area contributed by atoms with Crippen LogP contribution in [0.25, 0.3) is 4.91 Å². The van der Waals surface area contributed by atoms with Crippen LogP contribution in [0.2, 0.25) is 0 Å². The van der Waals surface area contributed by atoms with Crippen LogP contribution in [-0.4, -0.2) is 16.6 Å². The first kappa shape index (κ1) is 14.2. The predicted octanol–water partition coefficient (Wildman–Crippen LogP) is 3.53. The van der Waals surface area contributed by atoms with Crippen molar-refractivity contribution in [3.05, 3.63) is 60.3 Å². The molecular weight excluding hydrogens is 307 g/mol. The van der Waals surface area contributed by atoms with Gasteiger partial charge in [0.15, 0.2) is 6.29 Å². The lowest BCUT2D eigenvalue weighted by Gasteiger charge is -2.09. The van der Waals surface area contributed by atoms with Gasteiger partial charge in [-0.25, -0.2) is 4.39 Å². The third-order valence-electron chi connectivity index (χ3n) is 2.84. The summed E-state index contributed by atoms with van der Waals surface area (Å²) in [6.07, 6.45) is 6.20. The Morgan fingerprint density at radius 2 is 2.10 bits per heavy atom. The number of halogens is 1. The summed E-state index contributed by atoms with van der Waals surface area (Å²) in [4.78, 5) is 17.9. The third kappa shape index (κ3) is 3.28. The molecule has 1 aliphatic rings. The highest BCUT2D eigenvalue weighted by atomic mass is 32.2. The molecule has 1 unspecified atom stereocenters. The largest absolute Gasteiger partial charge is 0.372 e. The van der Waals surface area contributed by atoms with Crippen LogP contribution < -0.4 is 5.32 Å². The van der Waals surface area contributed by atoms with Gasteiger partial charge in [0.2, 0.25) is 0 Å².